The Morgan fingerprint density at radius 2 is 1.81 bits per heavy atom. The van der Waals surface area contributed by atoms with E-state index in [4.69, 9.17) is 4.74 Å². The number of benzene rings is 2. The van der Waals surface area contributed by atoms with Crippen molar-refractivity contribution in [3.05, 3.63) is 95.6 Å². The van der Waals surface area contributed by atoms with Crippen molar-refractivity contribution in [2.45, 2.75) is 26.1 Å². The standard InChI is InChI=1S/C26H21F3N4O3/c1-15-11-18(13-19(12-15)32-25-31-10-8-23(33-25)26(27,28)29)17-6-7-22(20(14-17)24(34)35)36-16(2)21-5-3-4-9-30-21/h3-14,16H,1-2H3,(H,34,35)(H,31,32,33). The van der Waals surface area contributed by atoms with Crippen molar-refractivity contribution in [2.75, 3.05) is 5.32 Å². The number of carboxylic acid groups (broad SMARTS) is 1. The van der Waals surface area contributed by atoms with Crippen LogP contribution in [0.3, 0.4) is 0 Å². The number of aromatic nitrogens is 3. The molecule has 0 aliphatic carbocycles. The highest BCUT2D eigenvalue weighted by molar-refractivity contribution is 5.93. The molecule has 0 radical (unpaired) electrons. The Kier molecular flexibility index (Phi) is 6.86. The van der Waals surface area contributed by atoms with Gasteiger partial charge in [0, 0.05) is 18.1 Å². The number of ether oxygens (including phenoxy) is 1. The number of anilines is 2. The van der Waals surface area contributed by atoms with E-state index in [2.05, 4.69) is 20.3 Å². The molecule has 0 bridgehead atoms. The molecule has 0 saturated heterocycles. The Morgan fingerprint density at radius 1 is 1.00 bits per heavy atom. The van der Waals surface area contributed by atoms with Crippen molar-refractivity contribution < 1.29 is 27.8 Å². The first-order valence-corrected chi connectivity index (χ1v) is 10.8. The maximum absolute atomic E-state index is 13.0. The van der Waals surface area contributed by atoms with Gasteiger partial charge in [0.15, 0.2) is 0 Å². The smallest absolute Gasteiger partial charge is 0.433 e. The van der Waals surface area contributed by atoms with Crippen molar-refractivity contribution in [1.29, 1.82) is 0 Å². The fourth-order valence-corrected chi connectivity index (χ4v) is 3.57. The number of hydrogen-bond donors (Lipinski definition) is 2. The molecule has 0 fully saturated rings. The molecule has 4 rings (SSSR count). The summed E-state index contributed by atoms with van der Waals surface area (Å²) < 4.78 is 44.8. The van der Waals surface area contributed by atoms with E-state index in [0.717, 1.165) is 17.8 Å². The summed E-state index contributed by atoms with van der Waals surface area (Å²) in [5.74, 6) is -1.18. The topological polar surface area (TPSA) is 97.2 Å². The number of hydrogen-bond acceptors (Lipinski definition) is 6. The van der Waals surface area contributed by atoms with E-state index in [1.54, 1.807) is 49.5 Å². The van der Waals surface area contributed by atoms with E-state index in [-0.39, 0.29) is 17.3 Å². The summed E-state index contributed by atoms with van der Waals surface area (Å²) in [6, 6.07) is 16.2. The molecule has 36 heavy (non-hydrogen) atoms. The zero-order valence-corrected chi connectivity index (χ0v) is 19.2. The number of aromatic carboxylic acids is 1. The Balaban J connectivity index is 1.63. The fourth-order valence-electron chi connectivity index (χ4n) is 3.57. The highest BCUT2D eigenvalue weighted by Crippen LogP contribution is 2.33. The third-order valence-corrected chi connectivity index (χ3v) is 5.23. The van der Waals surface area contributed by atoms with Gasteiger partial charge in [0.2, 0.25) is 5.95 Å². The fraction of sp³-hybridized carbons (Fsp3) is 0.154. The number of carboxylic acids is 1. The molecule has 184 valence electrons. The number of alkyl halides is 3. The van der Waals surface area contributed by atoms with Crippen molar-refractivity contribution in [2.24, 2.45) is 0 Å². The Bertz CT molecular complexity index is 1400. The summed E-state index contributed by atoms with van der Waals surface area (Å²) in [6.45, 7) is 3.59. The van der Waals surface area contributed by atoms with E-state index in [0.29, 0.717) is 22.5 Å². The van der Waals surface area contributed by atoms with Gasteiger partial charge in [-0.15, -0.1) is 0 Å². The van der Waals surface area contributed by atoms with Crippen LogP contribution < -0.4 is 10.1 Å². The lowest BCUT2D eigenvalue weighted by Gasteiger charge is -2.17. The summed E-state index contributed by atoms with van der Waals surface area (Å²) in [5.41, 5.74) is 2.04. The number of carbonyl (C=O) groups is 1. The van der Waals surface area contributed by atoms with Crippen molar-refractivity contribution in [1.82, 2.24) is 15.0 Å². The highest BCUT2D eigenvalue weighted by atomic mass is 19.4. The highest BCUT2D eigenvalue weighted by Gasteiger charge is 2.32. The van der Waals surface area contributed by atoms with Crippen LogP contribution in [0.5, 0.6) is 5.75 Å². The quantitative estimate of drug-likeness (QED) is 0.305. The molecular weight excluding hydrogens is 473 g/mol. The van der Waals surface area contributed by atoms with Crippen LogP contribution in [0, 0.1) is 6.92 Å². The summed E-state index contributed by atoms with van der Waals surface area (Å²) in [7, 11) is 0. The number of rotatable bonds is 7. The zero-order chi connectivity index (χ0) is 25.9. The SMILES string of the molecule is Cc1cc(Nc2nccc(C(F)(F)F)n2)cc(-c2ccc(OC(C)c3ccccn3)c(C(=O)O)c2)c1. The second-order valence-electron chi connectivity index (χ2n) is 8.01. The molecule has 2 aromatic carbocycles. The molecule has 0 amide bonds. The van der Waals surface area contributed by atoms with Crippen LogP contribution in [0.2, 0.25) is 0 Å². The van der Waals surface area contributed by atoms with Gasteiger partial charge in [-0.25, -0.2) is 14.8 Å². The molecule has 0 aliphatic rings. The molecule has 0 saturated carbocycles. The first-order valence-electron chi connectivity index (χ1n) is 10.8. The van der Waals surface area contributed by atoms with Crippen LogP contribution in [0.4, 0.5) is 24.8 Å². The Morgan fingerprint density at radius 3 is 2.50 bits per heavy atom. The molecule has 0 spiro atoms. The summed E-state index contributed by atoms with van der Waals surface area (Å²) in [6.07, 6.45) is -2.41. The van der Waals surface area contributed by atoms with Crippen LogP contribution in [0.1, 0.15) is 40.3 Å². The monoisotopic (exact) mass is 494 g/mol. The third-order valence-electron chi connectivity index (χ3n) is 5.23. The van der Waals surface area contributed by atoms with Gasteiger partial charge >= 0.3 is 12.1 Å². The normalized spacial score (nSPS) is 12.1. The van der Waals surface area contributed by atoms with Gasteiger partial charge in [-0.1, -0.05) is 18.2 Å². The number of nitrogens with zero attached hydrogens (tertiary/aromatic N) is 3. The van der Waals surface area contributed by atoms with E-state index < -0.39 is 23.9 Å². The van der Waals surface area contributed by atoms with E-state index in [9.17, 15) is 23.1 Å². The maximum atomic E-state index is 13.0. The van der Waals surface area contributed by atoms with Gasteiger partial charge in [0.25, 0.3) is 0 Å². The van der Waals surface area contributed by atoms with Crippen LogP contribution in [-0.4, -0.2) is 26.0 Å². The van der Waals surface area contributed by atoms with Gasteiger partial charge < -0.3 is 15.2 Å². The molecule has 7 nitrogen and oxygen atoms in total. The van der Waals surface area contributed by atoms with E-state index in [1.807, 2.05) is 19.1 Å². The predicted molar refractivity (Wildman–Crippen MR) is 127 cm³/mol. The molecule has 10 heteroatoms. The van der Waals surface area contributed by atoms with Crippen molar-refractivity contribution in [3.8, 4) is 16.9 Å². The minimum Gasteiger partial charge on any atom is -0.484 e. The largest absolute Gasteiger partial charge is 0.484 e. The summed E-state index contributed by atoms with van der Waals surface area (Å²) in [4.78, 5) is 23.6. The second kappa shape index (κ2) is 10.0. The predicted octanol–water partition coefficient (Wildman–Crippen LogP) is 6.45. The van der Waals surface area contributed by atoms with Gasteiger partial charge in [-0.2, -0.15) is 13.2 Å². The van der Waals surface area contributed by atoms with Crippen molar-refractivity contribution in [3.63, 3.8) is 0 Å². The molecule has 0 aliphatic heterocycles. The molecule has 1 atom stereocenters. The Hall–Kier alpha value is -4.47. The average molecular weight is 494 g/mol. The van der Waals surface area contributed by atoms with Crippen LogP contribution >= 0.6 is 0 Å². The molecule has 2 N–H and O–H groups in total. The number of halogens is 3. The lowest BCUT2D eigenvalue weighted by Crippen LogP contribution is -2.10. The molecule has 1 unspecified atom stereocenters. The van der Waals surface area contributed by atoms with Gasteiger partial charge in [0.05, 0.1) is 5.69 Å². The molecule has 2 aromatic heterocycles. The van der Waals surface area contributed by atoms with E-state index in [1.165, 1.54) is 6.07 Å². The van der Waals surface area contributed by atoms with Crippen LogP contribution in [0.15, 0.2) is 73.1 Å². The van der Waals surface area contributed by atoms with Gasteiger partial charge in [0.1, 0.15) is 23.1 Å². The summed E-state index contributed by atoms with van der Waals surface area (Å²) >= 11 is 0. The Labute approximate surface area is 204 Å². The third kappa shape index (κ3) is 5.77. The van der Waals surface area contributed by atoms with E-state index >= 15 is 0 Å². The number of pyridine rings is 1. The lowest BCUT2D eigenvalue weighted by molar-refractivity contribution is -0.141. The second-order valence-corrected chi connectivity index (χ2v) is 8.01. The van der Waals surface area contributed by atoms with Gasteiger partial charge in [-0.05, 0) is 73.0 Å². The first kappa shape index (κ1) is 24.6. The molecule has 4 aromatic rings. The number of nitrogens with one attached hydrogen (secondary N) is 1. The van der Waals surface area contributed by atoms with Crippen LogP contribution in [0.25, 0.3) is 11.1 Å². The minimum absolute atomic E-state index is 0.0347. The minimum atomic E-state index is -4.59. The zero-order valence-electron chi connectivity index (χ0n) is 19.2. The maximum Gasteiger partial charge on any atom is 0.433 e. The first-order chi connectivity index (χ1) is 17.1. The molecular formula is C26H21F3N4O3. The lowest BCUT2D eigenvalue weighted by atomic mass is 10.00. The summed E-state index contributed by atoms with van der Waals surface area (Å²) in [5, 5.41) is 12.6. The number of aryl methyl sites for hydroxylation is 1. The van der Waals surface area contributed by atoms with Crippen LogP contribution in [-0.2, 0) is 6.18 Å². The average Bonchev–Trinajstić information content (AvgIpc) is 2.84. The molecule has 2 heterocycles. The van der Waals surface area contributed by atoms with Gasteiger partial charge in [-0.3, -0.25) is 4.98 Å². The van der Waals surface area contributed by atoms with Crippen molar-refractivity contribution >= 4 is 17.6 Å².